The Hall–Kier alpha value is -1.32. The predicted octanol–water partition coefficient (Wildman–Crippen LogP) is 4.47. The molecule has 2 rings (SSSR count). The molecule has 0 radical (unpaired) electrons. The van der Waals surface area contributed by atoms with Crippen molar-refractivity contribution in [3.63, 3.8) is 0 Å². The van der Waals surface area contributed by atoms with Crippen molar-refractivity contribution in [2.45, 2.75) is 26.3 Å². The first-order chi connectivity index (χ1) is 9.13. The molecule has 0 amide bonds. The molecule has 1 aromatic carbocycles. The zero-order valence-electron chi connectivity index (χ0n) is 11.0. The average molecular weight is 282 g/mol. The summed E-state index contributed by atoms with van der Waals surface area (Å²) >= 11 is 6.07. The van der Waals surface area contributed by atoms with Gasteiger partial charge in [-0.05, 0) is 43.7 Å². The molecule has 1 atom stereocenters. The Morgan fingerprint density at radius 1 is 1.32 bits per heavy atom. The smallest absolute Gasteiger partial charge is 0.142 e. The maximum absolute atomic E-state index is 13.6. The summed E-state index contributed by atoms with van der Waals surface area (Å²) in [7, 11) is 0. The molecule has 0 aliphatic heterocycles. The van der Waals surface area contributed by atoms with E-state index in [9.17, 15) is 4.39 Å². The number of furan rings is 1. The van der Waals surface area contributed by atoms with Crippen molar-refractivity contribution in [3.8, 4) is 0 Å². The monoisotopic (exact) mass is 281 g/mol. The van der Waals surface area contributed by atoms with Gasteiger partial charge in [0.1, 0.15) is 17.3 Å². The molecule has 1 N–H and O–H groups in total. The molecule has 0 saturated heterocycles. The summed E-state index contributed by atoms with van der Waals surface area (Å²) in [5.41, 5.74) is 0.699. The first-order valence-electron chi connectivity index (χ1n) is 6.37. The zero-order chi connectivity index (χ0) is 13.8. The third-order valence-electron chi connectivity index (χ3n) is 2.94. The number of hydrogen-bond acceptors (Lipinski definition) is 2. The molecule has 0 aliphatic rings. The molecule has 0 aliphatic carbocycles. The van der Waals surface area contributed by atoms with Crippen molar-refractivity contribution < 1.29 is 8.81 Å². The first kappa shape index (κ1) is 14.1. The van der Waals surface area contributed by atoms with E-state index in [1.165, 1.54) is 6.07 Å². The van der Waals surface area contributed by atoms with Crippen LogP contribution in [0.3, 0.4) is 0 Å². The van der Waals surface area contributed by atoms with Gasteiger partial charge in [0.25, 0.3) is 0 Å². The van der Waals surface area contributed by atoms with Gasteiger partial charge in [-0.3, -0.25) is 0 Å². The largest absolute Gasteiger partial charge is 0.464 e. The van der Waals surface area contributed by atoms with Crippen LogP contribution in [-0.4, -0.2) is 6.54 Å². The molecule has 1 heterocycles. The fraction of sp³-hybridized carbons (Fsp3) is 0.333. The van der Waals surface area contributed by atoms with Gasteiger partial charge in [0, 0.05) is 0 Å². The Labute approximate surface area is 117 Å². The van der Waals surface area contributed by atoms with Crippen LogP contribution in [0.1, 0.15) is 36.5 Å². The normalized spacial score (nSPS) is 12.6. The highest BCUT2D eigenvalue weighted by atomic mass is 35.5. The Kier molecular flexibility index (Phi) is 4.61. The van der Waals surface area contributed by atoms with E-state index in [0.29, 0.717) is 5.56 Å². The van der Waals surface area contributed by atoms with E-state index in [1.807, 2.05) is 25.1 Å². The number of benzene rings is 1. The second-order valence-electron chi connectivity index (χ2n) is 4.48. The van der Waals surface area contributed by atoms with Gasteiger partial charge >= 0.3 is 0 Å². The van der Waals surface area contributed by atoms with Gasteiger partial charge in [-0.15, -0.1) is 0 Å². The molecule has 102 valence electrons. The lowest BCUT2D eigenvalue weighted by atomic mass is 10.0. The Balaban J connectivity index is 2.39. The van der Waals surface area contributed by atoms with E-state index in [-0.39, 0.29) is 11.1 Å². The van der Waals surface area contributed by atoms with Crippen LogP contribution in [-0.2, 0) is 0 Å². The molecular formula is C15H17ClFNO. The van der Waals surface area contributed by atoms with Gasteiger partial charge < -0.3 is 9.73 Å². The highest BCUT2D eigenvalue weighted by Crippen LogP contribution is 2.31. The minimum Gasteiger partial charge on any atom is -0.464 e. The topological polar surface area (TPSA) is 25.2 Å². The van der Waals surface area contributed by atoms with Gasteiger partial charge in [-0.2, -0.15) is 0 Å². The van der Waals surface area contributed by atoms with Crippen LogP contribution in [0.2, 0.25) is 5.02 Å². The Morgan fingerprint density at radius 3 is 2.74 bits per heavy atom. The van der Waals surface area contributed by atoms with Crippen molar-refractivity contribution in [2.75, 3.05) is 6.54 Å². The van der Waals surface area contributed by atoms with Crippen LogP contribution >= 0.6 is 11.6 Å². The standard InChI is InChI=1S/C15H17ClFNO/c1-3-9-18-15(13-8-7-10(2)19-13)11-5-4-6-12(17)14(11)16/h4-8,15,18H,3,9H2,1-2H3. The summed E-state index contributed by atoms with van der Waals surface area (Å²) in [6.45, 7) is 4.76. The van der Waals surface area contributed by atoms with Crippen LogP contribution in [0.4, 0.5) is 4.39 Å². The Morgan fingerprint density at radius 2 is 2.11 bits per heavy atom. The van der Waals surface area contributed by atoms with Gasteiger partial charge in [-0.25, -0.2) is 4.39 Å². The lowest BCUT2D eigenvalue weighted by Crippen LogP contribution is -2.23. The summed E-state index contributed by atoms with van der Waals surface area (Å²) < 4.78 is 19.2. The minimum absolute atomic E-state index is 0.144. The Bertz CT molecular complexity index is 553. The highest BCUT2D eigenvalue weighted by molar-refractivity contribution is 6.31. The van der Waals surface area contributed by atoms with E-state index >= 15 is 0 Å². The molecule has 0 spiro atoms. The molecule has 4 heteroatoms. The number of rotatable bonds is 5. The molecule has 0 fully saturated rings. The third-order valence-corrected chi connectivity index (χ3v) is 3.34. The van der Waals surface area contributed by atoms with Crippen molar-refractivity contribution in [1.82, 2.24) is 5.32 Å². The second kappa shape index (κ2) is 6.22. The van der Waals surface area contributed by atoms with Crippen LogP contribution in [0, 0.1) is 12.7 Å². The summed E-state index contributed by atoms with van der Waals surface area (Å²) in [5, 5.41) is 3.48. The lowest BCUT2D eigenvalue weighted by molar-refractivity contribution is 0.429. The number of halogens is 2. The van der Waals surface area contributed by atoms with E-state index in [1.54, 1.807) is 6.07 Å². The molecule has 2 nitrogen and oxygen atoms in total. The van der Waals surface area contributed by atoms with Crippen molar-refractivity contribution in [1.29, 1.82) is 0 Å². The van der Waals surface area contributed by atoms with Gasteiger partial charge in [0.05, 0.1) is 11.1 Å². The van der Waals surface area contributed by atoms with Crippen molar-refractivity contribution >= 4 is 11.6 Å². The maximum Gasteiger partial charge on any atom is 0.142 e. The summed E-state index contributed by atoms with van der Waals surface area (Å²) in [5.74, 6) is 1.16. The van der Waals surface area contributed by atoms with Crippen LogP contribution < -0.4 is 5.32 Å². The average Bonchev–Trinajstić information content (AvgIpc) is 2.81. The fourth-order valence-corrected chi connectivity index (χ4v) is 2.24. The maximum atomic E-state index is 13.6. The third kappa shape index (κ3) is 3.17. The number of nitrogens with one attached hydrogen (secondary N) is 1. The summed E-state index contributed by atoms with van der Waals surface area (Å²) in [6.07, 6.45) is 0.975. The summed E-state index contributed by atoms with van der Waals surface area (Å²) in [6, 6.07) is 8.39. The van der Waals surface area contributed by atoms with Gasteiger partial charge in [0.2, 0.25) is 0 Å². The quantitative estimate of drug-likeness (QED) is 0.875. The molecule has 0 saturated carbocycles. The van der Waals surface area contributed by atoms with E-state index < -0.39 is 5.82 Å². The fourth-order valence-electron chi connectivity index (χ4n) is 2.00. The molecular weight excluding hydrogens is 265 g/mol. The molecule has 19 heavy (non-hydrogen) atoms. The highest BCUT2D eigenvalue weighted by Gasteiger charge is 2.20. The zero-order valence-corrected chi connectivity index (χ0v) is 11.8. The molecule has 1 unspecified atom stereocenters. The molecule has 1 aromatic heterocycles. The van der Waals surface area contributed by atoms with E-state index in [2.05, 4.69) is 12.2 Å². The minimum atomic E-state index is -0.411. The van der Waals surface area contributed by atoms with Crippen LogP contribution in [0.5, 0.6) is 0 Å². The van der Waals surface area contributed by atoms with Crippen LogP contribution in [0.25, 0.3) is 0 Å². The number of hydrogen-bond donors (Lipinski definition) is 1. The number of aryl methyl sites for hydroxylation is 1. The molecule has 0 bridgehead atoms. The molecule has 2 aromatic rings. The lowest BCUT2D eigenvalue weighted by Gasteiger charge is -2.18. The van der Waals surface area contributed by atoms with Gasteiger partial charge in [0.15, 0.2) is 0 Å². The SMILES string of the molecule is CCCNC(c1ccc(C)o1)c1cccc(F)c1Cl. The first-order valence-corrected chi connectivity index (χ1v) is 6.75. The van der Waals surface area contributed by atoms with E-state index in [4.69, 9.17) is 16.0 Å². The van der Waals surface area contributed by atoms with Crippen molar-refractivity contribution in [3.05, 3.63) is 58.3 Å². The second-order valence-corrected chi connectivity index (χ2v) is 4.86. The van der Waals surface area contributed by atoms with Gasteiger partial charge in [-0.1, -0.05) is 30.7 Å². The van der Waals surface area contributed by atoms with Crippen molar-refractivity contribution in [2.24, 2.45) is 0 Å². The summed E-state index contributed by atoms with van der Waals surface area (Å²) in [4.78, 5) is 0. The van der Waals surface area contributed by atoms with E-state index in [0.717, 1.165) is 24.5 Å². The van der Waals surface area contributed by atoms with Crippen LogP contribution in [0.15, 0.2) is 34.7 Å². The predicted molar refractivity (Wildman–Crippen MR) is 75.0 cm³/mol.